The standard InChI is InChI=1S/C15H15ClN2OS/c1-19-14-8-11(2-3-12(14)9-17)10-18-7-6-13-4-5-15(16)20-13/h2-5,8,18H,6-7,10H2,1H3. The van der Waals surface area contributed by atoms with E-state index in [0.717, 1.165) is 29.4 Å². The van der Waals surface area contributed by atoms with Crippen molar-refractivity contribution in [3.8, 4) is 11.8 Å². The summed E-state index contributed by atoms with van der Waals surface area (Å²) >= 11 is 7.50. The van der Waals surface area contributed by atoms with E-state index in [-0.39, 0.29) is 0 Å². The quantitative estimate of drug-likeness (QED) is 0.829. The first kappa shape index (κ1) is 14.9. The number of rotatable bonds is 6. The van der Waals surface area contributed by atoms with Gasteiger partial charge in [-0.3, -0.25) is 0 Å². The topological polar surface area (TPSA) is 45.0 Å². The van der Waals surface area contributed by atoms with Crippen molar-refractivity contribution in [3.05, 3.63) is 50.7 Å². The van der Waals surface area contributed by atoms with E-state index >= 15 is 0 Å². The number of benzene rings is 1. The van der Waals surface area contributed by atoms with Gasteiger partial charge in [-0.25, -0.2) is 0 Å². The Morgan fingerprint density at radius 2 is 2.20 bits per heavy atom. The second-order valence-corrected chi connectivity index (χ2v) is 6.08. The van der Waals surface area contributed by atoms with Gasteiger partial charge in [-0.2, -0.15) is 5.26 Å². The van der Waals surface area contributed by atoms with Crippen LogP contribution in [0.2, 0.25) is 4.34 Å². The highest BCUT2D eigenvalue weighted by atomic mass is 35.5. The van der Waals surface area contributed by atoms with Crippen LogP contribution in [0.25, 0.3) is 0 Å². The molecule has 0 fully saturated rings. The Kier molecular flexibility index (Phi) is 5.42. The minimum absolute atomic E-state index is 0.560. The lowest BCUT2D eigenvalue weighted by atomic mass is 10.1. The number of nitrogens with one attached hydrogen (secondary N) is 1. The second kappa shape index (κ2) is 7.30. The Labute approximate surface area is 127 Å². The summed E-state index contributed by atoms with van der Waals surface area (Å²) in [6.07, 6.45) is 0.963. The Morgan fingerprint density at radius 1 is 1.35 bits per heavy atom. The van der Waals surface area contributed by atoms with Crippen LogP contribution in [0.15, 0.2) is 30.3 Å². The minimum atomic E-state index is 0.560. The van der Waals surface area contributed by atoms with Crippen LogP contribution >= 0.6 is 22.9 Å². The molecular formula is C15H15ClN2OS. The van der Waals surface area contributed by atoms with Crippen LogP contribution in [-0.2, 0) is 13.0 Å². The molecule has 1 heterocycles. The van der Waals surface area contributed by atoms with Gasteiger partial charge in [0.15, 0.2) is 0 Å². The molecule has 0 bridgehead atoms. The maximum absolute atomic E-state index is 8.93. The Balaban J connectivity index is 1.83. The summed E-state index contributed by atoms with van der Waals surface area (Å²) in [5.41, 5.74) is 1.66. The zero-order valence-electron chi connectivity index (χ0n) is 11.1. The number of hydrogen-bond donors (Lipinski definition) is 1. The summed E-state index contributed by atoms with van der Waals surface area (Å²) in [7, 11) is 1.58. The molecule has 0 radical (unpaired) electrons. The summed E-state index contributed by atoms with van der Waals surface area (Å²) in [4.78, 5) is 1.28. The van der Waals surface area contributed by atoms with Crippen LogP contribution in [0.5, 0.6) is 5.75 Å². The van der Waals surface area contributed by atoms with Crippen molar-refractivity contribution in [2.75, 3.05) is 13.7 Å². The number of halogens is 1. The maximum atomic E-state index is 8.93. The molecule has 0 spiro atoms. The van der Waals surface area contributed by atoms with Crippen molar-refractivity contribution in [3.63, 3.8) is 0 Å². The highest BCUT2D eigenvalue weighted by Gasteiger charge is 2.03. The molecule has 0 amide bonds. The van der Waals surface area contributed by atoms with E-state index in [1.807, 2.05) is 18.2 Å². The molecule has 0 unspecified atom stereocenters. The van der Waals surface area contributed by atoms with E-state index in [9.17, 15) is 0 Å². The molecule has 1 aromatic carbocycles. The smallest absolute Gasteiger partial charge is 0.136 e. The largest absolute Gasteiger partial charge is 0.495 e. The molecule has 0 saturated heterocycles. The molecule has 2 aromatic rings. The van der Waals surface area contributed by atoms with E-state index in [1.165, 1.54) is 4.88 Å². The third-order valence-corrected chi connectivity index (χ3v) is 4.18. The third kappa shape index (κ3) is 3.97. The lowest BCUT2D eigenvalue weighted by Gasteiger charge is -2.07. The van der Waals surface area contributed by atoms with E-state index < -0.39 is 0 Å². The normalized spacial score (nSPS) is 10.2. The number of hydrogen-bond acceptors (Lipinski definition) is 4. The first-order chi connectivity index (χ1) is 9.72. The highest BCUT2D eigenvalue weighted by molar-refractivity contribution is 7.16. The van der Waals surface area contributed by atoms with Crippen LogP contribution in [-0.4, -0.2) is 13.7 Å². The second-order valence-electron chi connectivity index (χ2n) is 4.28. The zero-order valence-corrected chi connectivity index (χ0v) is 12.7. The molecule has 3 nitrogen and oxygen atoms in total. The maximum Gasteiger partial charge on any atom is 0.136 e. The summed E-state index contributed by atoms with van der Waals surface area (Å²) in [5, 5.41) is 12.3. The van der Waals surface area contributed by atoms with E-state index in [1.54, 1.807) is 24.5 Å². The summed E-state index contributed by atoms with van der Waals surface area (Å²) < 4.78 is 6.02. The van der Waals surface area contributed by atoms with Crippen LogP contribution in [0.1, 0.15) is 16.0 Å². The van der Waals surface area contributed by atoms with Gasteiger partial charge >= 0.3 is 0 Å². The molecule has 0 aliphatic heterocycles. The molecule has 0 aliphatic carbocycles. The third-order valence-electron chi connectivity index (χ3n) is 2.89. The van der Waals surface area contributed by atoms with E-state index in [4.69, 9.17) is 21.6 Å². The van der Waals surface area contributed by atoms with E-state index in [2.05, 4.69) is 17.5 Å². The summed E-state index contributed by atoms with van der Waals surface area (Å²) in [5.74, 6) is 0.622. The number of nitrogens with zero attached hydrogens (tertiary/aromatic N) is 1. The molecule has 0 aliphatic rings. The molecule has 1 aromatic heterocycles. The van der Waals surface area contributed by atoms with Gasteiger partial charge in [-0.05, 0) is 36.2 Å². The van der Waals surface area contributed by atoms with E-state index in [0.29, 0.717) is 11.3 Å². The van der Waals surface area contributed by atoms with Gasteiger partial charge in [-0.1, -0.05) is 17.7 Å². The Morgan fingerprint density at radius 3 is 2.85 bits per heavy atom. The molecular weight excluding hydrogens is 292 g/mol. The molecule has 0 saturated carbocycles. The van der Waals surface area contributed by atoms with Gasteiger partial charge in [0.2, 0.25) is 0 Å². The number of methoxy groups -OCH3 is 1. The molecule has 20 heavy (non-hydrogen) atoms. The molecule has 0 atom stereocenters. The summed E-state index contributed by atoms with van der Waals surface area (Å²) in [6.45, 7) is 1.64. The average molecular weight is 307 g/mol. The predicted octanol–water partition coefficient (Wildman–Crippen LogP) is 3.61. The molecule has 2 rings (SSSR count). The van der Waals surface area contributed by atoms with Gasteiger partial charge in [0.05, 0.1) is 17.0 Å². The monoisotopic (exact) mass is 306 g/mol. The van der Waals surface area contributed by atoms with Crippen LogP contribution in [0, 0.1) is 11.3 Å². The fourth-order valence-corrected chi connectivity index (χ4v) is 2.96. The summed E-state index contributed by atoms with van der Waals surface area (Å²) in [6, 6.07) is 11.7. The SMILES string of the molecule is COc1cc(CNCCc2ccc(Cl)s2)ccc1C#N. The lowest BCUT2D eigenvalue weighted by molar-refractivity contribution is 0.412. The number of nitriles is 1. The highest BCUT2D eigenvalue weighted by Crippen LogP contribution is 2.21. The van der Waals surface area contributed by atoms with Crippen LogP contribution in [0.3, 0.4) is 0 Å². The van der Waals surface area contributed by atoms with Crippen molar-refractivity contribution in [1.29, 1.82) is 5.26 Å². The number of ether oxygens (including phenoxy) is 1. The average Bonchev–Trinajstić information content (AvgIpc) is 2.89. The Bertz CT molecular complexity index is 619. The fourth-order valence-electron chi connectivity index (χ4n) is 1.87. The lowest BCUT2D eigenvalue weighted by Crippen LogP contribution is -2.16. The minimum Gasteiger partial charge on any atom is -0.495 e. The fraction of sp³-hybridized carbons (Fsp3) is 0.267. The van der Waals surface area contributed by atoms with Crippen molar-refractivity contribution < 1.29 is 4.74 Å². The van der Waals surface area contributed by atoms with Crippen LogP contribution in [0.4, 0.5) is 0 Å². The van der Waals surface area contributed by atoms with Gasteiger partial charge in [0.1, 0.15) is 11.8 Å². The van der Waals surface area contributed by atoms with Crippen molar-refractivity contribution in [1.82, 2.24) is 5.32 Å². The molecule has 5 heteroatoms. The number of thiophene rings is 1. The van der Waals surface area contributed by atoms with Crippen molar-refractivity contribution in [2.24, 2.45) is 0 Å². The predicted molar refractivity (Wildman–Crippen MR) is 82.4 cm³/mol. The molecule has 104 valence electrons. The van der Waals surface area contributed by atoms with Gasteiger partial charge in [0.25, 0.3) is 0 Å². The van der Waals surface area contributed by atoms with Crippen molar-refractivity contribution >= 4 is 22.9 Å². The van der Waals surface area contributed by atoms with Crippen molar-refractivity contribution in [2.45, 2.75) is 13.0 Å². The van der Waals surface area contributed by atoms with Gasteiger partial charge in [0, 0.05) is 18.0 Å². The van der Waals surface area contributed by atoms with Crippen LogP contribution < -0.4 is 10.1 Å². The Hall–Kier alpha value is -1.54. The molecule has 1 N–H and O–H groups in total. The first-order valence-electron chi connectivity index (χ1n) is 6.25. The van der Waals surface area contributed by atoms with Gasteiger partial charge < -0.3 is 10.1 Å². The van der Waals surface area contributed by atoms with Gasteiger partial charge in [-0.15, -0.1) is 11.3 Å². The first-order valence-corrected chi connectivity index (χ1v) is 7.44. The zero-order chi connectivity index (χ0) is 14.4.